The fraction of sp³-hybridized carbons (Fsp3) is 0.222. The molecule has 0 amide bonds. The molecule has 5 heteroatoms. The van der Waals surface area contributed by atoms with Gasteiger partial charge in [-0.15, -0.1) is 0 Å². The molecule has 3 nitrogen and oxygen atoms in total. The van der Waals surface area contributed by atoms with Crippen LogP contribution < -0.4 is 5.73 Å². The smallest absolute Gasteiger partial charge is 0.126 e. The standard InChI is InChI=1S/C9H9ClFN3/c10-8-3-6(11)4-9-7(8)5-13-14(9)2-1-12/h3-5H,1-2,12H2. The van der Waals surface area contributed by atoms with Crippen LogP contribution in [0.15, 0.2) is 18.3 Å². The van der Waals surface area contributed by atoms with E-state index in [-0.39, 0.29) is 5.82 Å². The molecule has 74 valence electrons. The van der Waals surface area contributed by atoms with Gasteiger partial charge in [-0.3, -0.25) is 4.68 Å². The fourth-order valence-electron chi connectivity index (χ4n) is 1.40. The normalized spacial score (nSPS) is 11.1. The van der Waals surface area contributed by atoms with E-state index < -0.39 is 0 Å². The van der Waals surface area contributed by atoms with Gasteiger partial charge in [0.1, 0.15) is 5.82 Å². The lowest BCUT2D eigenvalue weighted by molar-refractivity contribution is 0.620. The summed E-state index contributed by atoms with van der Waals surface area (Å²) in [5.41, 5.74) is 6.08. The number of nitrogens with zero attached hydrogens (tertiary/aromatic N) is 2. The molecule has 0 saturated carbocycles. The number of fused-ring (bicyclic) bond motifs is 1. The highest BCUT2D eigenvalue weighted by Crippen LogP contribution is 2.24. The van der Waals surface area contributed by atoms with Crippen LogP contribution >= 0.6 is 11.6 Å². The van der Waals surface area contributed by atoms with Crippen molar-refractivity contribution >= 4 is 22.5 Å². The van der Waals surface area contributed by atoms with E-state index in [1.807, 2.05) is 0 Å². The quantitative estimate of drug-likeness (QED) is 0.827. The first-order chi connectivity index (χ1) is 6.72. The molecule has 0 radical (unpaired) electrons. The number of halogens is 2. The van der Waals surface area contributed by atoms with Crippen LogP contribution in [0.4, 0.5) is 4.39 Å². The zero-order valence-corrected chi connectivity index (χ0v) is 8.13. The number of rotatable bonds is 2. The van der Waals surface area contributed by atoms with E-state index in [1.54, 1.807) is 10.9 Å². The first-order valence-electron chi connectivity index (χ1n) is 4.23. The third kappa shape index (κ3) is 1.47. The molecule has 0 bridgehead atoms. The number of hydrogen-bond acceptors (Lipinski definition) is 2. The summed E-state index contributed by atoms with van der Waals surface area (Å²) in [6.45, 7) is 1.02. The predicted molar refractivity (Wildman–Crippen MR) is 53.8 cm³/mol. The summed E-state index contributed by atoms with van der Waals surface area (Å²) in [4.78, 5) is 0. The Balaban J connectivity index is 2.66. The summed E-state index contributed by atoms with van der Waals surface area (Å²) in [5, 5.41) is 5.20. The van der Waals surface area contributed by atoms with Crippen LogP contribution in [-0.2, 0) is 6.54 Å². The average molecular weight is 214 g/mol. The van der Waals surface area contributed by atoms with Gasteiger partial charge in [-0.1, -0.05) is 11.6 Å². The van der Waals surface area contributed by atoms with Gasteiger partial charge in [0, 0.05) is 11.9 Å². The lowest BCUT2D eigenvalue weighted by Crippen LogP contribution is -2.10. The molecule has 1 aromatic heterocycles. The van der Waals surface area contributed by atoms with Gasteiger partial charge in [0.15, 0.2) is 0 Å². The van der Waals surface area contributed by atoms with Crippen molar-refractivity contribution in [2.75, 3.05) is 6.54 Å². The van der Waals surface area contributed by atoms with Crippen LogP contribution in [-0.4, -0.2) is 16.3 Å². The zero-order valence-electron chi connectivity index (χ0n) is 7.37. The summed E-state index contributed by atoms with van der Waals surface area (Å²) in [7, 11) is 0. The Morgan fingerprint density at radius 1 is 1.50 bits per heavy atom. The Labute approximate surface area is 85.3 Å². The first-order valence-corrected chi connectivity index (χ1v) is 4.61. The minimum Gasteiger partial charge on any atom is -0.329 e. The van der Waals surface area contributed by atoms with Crippen molar-refractivity contribution in [2.45, 2.75) is 6.54 Å². The molecule has 2 rings (SSSR count). The van der Waals surface area contributed by atoms with E-state index in [4.69, 9.17) is 17.3 Å². The van der Waals surface area contributed by atoms with Crippen molar-refractivity contribution in [3.05, 3.63) is 29.2 Å². The van der Waals surface area contributed by atoms with Gasteiger partial charge >= 0.3 is 0 Å². The number of benzene rings is 1. The third-order valence-corrected chi connectivity index (χ3v) is 2.33. The van der Waals surface area contributed by atoms with E-state index >= 15 is 0 Å². The van der Waals surface area contributed by atoms with Gasteiger partial charge in [-0.25, -0.2) is 4.39 Å². The van der Waals surface area contributed by atoms with Crippen molar-refractivity contribution in [3.8, 4) is 0 Å². The Kier molecular flexibility index (Phi) is 2.39. The maximum Gasteiger partial charge on any atom is 0.126 e. The minimum absolute atomic E-state index is 0.360. The lowest BCUT2D eigenvalue weighted by Gasteiger charge is -2.01. The topological polar surface area (TPSA) is 43.8 Å². The highest BCUT2D eigenvalue weighted by Gasteiger charge is 2.07. The largest absolute Gasteiger partial charge is 0.329 e. The van der Waals surface area contributed by atoms with E-state index in [0.717, 1.165) is 5.39 Å². The molecule has 0 saturated heterocycles. The van der Waals surface area contributed by atoms with Crippen LogP contribution in [0.2, 0.25) is 5.02 Å². The summed E-state index contributed by atoms with van der Waals surface area (Å²) in [5.74, 6) is -0.360. The van der Waals surface area contributed by atoms with Crippen LogP contribution in [0.1, 0.15) is 0 Å². The highest BCUT2D eigenvalue weighted by molar-refractivity contribution is 6.35. The van der Waals surface area contributed by atoms with E-state index in [9.17, 15) is 4.39 Å². The molecular weight excluding hydrogens is 205 g/mol. The van der Waals surface area contributed by atoms with Crippen LogP contribution in [0.25, 0.3) is 10.9 Å². The molecule has 2 aromatic rings. The van der Waals surface area contributed by atoms with Gasteiger partial charge in [0.2, 0.25) is 0 Å². The van der Waals surface area contributed by atoms with E-state index in [2.05, 4.69) is 5.10 Å². The molecule has 0 unspecified atom stereocenters. The number of nitrogens with two attached hydrogens (primary N) is 1. The van der Waals surface area contributed by atoms with Gasteiger partial charge in [-0.2, -0.15) is 5.10 Å². The van der Waals surface area contributed by atoms with Crippen LogP contribution in [0.5, 0.6) is 0 Å². The van der Waals surface area contributed by atoms with Crippen molar-refractivity contribution in [1.29, 1.82) is 0 Å². The maximum atomic E-state index is 13.0. The molecule has 0 aliphatic carbocycles. The highest BCUT2D eigenvalue weighted by atomic mass is 35.5. The van der Waals surface area contributed by atoms with Gasteiger partial charge in [0.05, 0.1) is 23.3 Å². The Hall–Kier alpha value is -1.13. The fourth-order valence-corrected chi connectivity index (χ4v) is 1.65. The molecule has 2 N–H and O–H groups in total. The predicted octanol–water partition coefficient (Wildman–Crippen LogP) is 1.79. The second kappa shape index (κ2) is 3.55. The molecule has 0 atom stereocenters. The van der Waals surface area contributed by atoms with Crippen LogP contribution in [0.3, 0.4) is 0 Å². The molecule has 0 aliphatic heterocycles. The summed E-state index contributed by atoms with van der Waals surface area (Å²) in [6.07, 6.45) is 1.62. The Bertz CT molecular complexity index is 466. The minimum atomic E-state index is -0.360. The van der Waals surface area contributed by atoms with Crippen molar-refractivity contribution in [3.63, 3.8) is 0 Å². The average Bonchev–Trinajstić information content (AvgIpc) is 2.49. The summed E-state index contributed by atoms with van der Waals surface area (Å²) < 4.78 is 14.7. The summed E-state index contributed by atoms with van der Waals surface area (Å²) in [6, 6.07) is 2.68. The second-order valence-corrected chi connectivity index (χ2v) is 3.38. The molecule has 0 fully saturated rings. The van der Waals surface area contributed by atoms with Gasteiger partial charge < -0.3 is 5.73 Å². The lowest BCUT2D eigenvalue weighted by atomic mass is 10.2. The second-order valence-electron chi connectivity index (χ2n) is 2.98. The van der Waals surface area contributed by atoms with Gasteiger partial charge in [-0.05, 0) is 12.1 Å². The SMILES string of the molecule is NCCn1ncc2c(Cl)cc(F)cc21. The molecule has 0 aliphatic rings. The molecular formula is C9H9ClFN3. The van der Waals surface area contributed by atoms with Crippen LogP contribution in [0, 0.1) is 5.82 Å². The van der Waals surface area contributed by atoms with E-state index in [0.29, 0.717) is 23.6 Å². The molecule has 1 aromatic carbocycles. The monoisotopic (exact) mass is 213 g/mol. The zero-order chi connectivity index (χ0) is 10.1. The molecule has 0 spiro atoms. The molecule has 14 heavy (non-hydrogen) atoms. The van der Waals surface area contributed by atoms with Crippen molar-refractivity contribution < 1.29 is 4.39 Å². The van der Waals surface area contributed by atoms with Crippen molar-refractivity contribution in [2.24, 2.45) is 5.73 Å². The summed E-state index contributed by atoms with van der Waals surface area (Å²) >= 11 is 5.85. The number of hydrogen-bond donors (Lipinski definition) is 1. The third-order valence-electron chi connectivity index (χ3n) is 2.02. The van der Waals surface area contributed by atoms with Crippen molar-refractivity contribution in [1.82, 2.24) is 9.78 Å². The maximum absolute atomic E-state index is 13.0. The molecule has 1 heterocycles. The Morgan fingerprint density at radius 3 is 3.00 bits per heavy atom. The van der Waals surface area contributed by atoms with E-state index in [1.165, 1.54) is 12.1 Å². The Morgan fingerprint density at radius 2 is 2.29 bits per heavy atom. The first kappa shape index (κ1) is 9.43. The van der Waals surface area contributed by atoms with Gasteiger partial charge in [0.25, 0.3) is 0 Å². The number of aromatic nitrogens is 2.